The molecule has 0 spiro atoms. The van der Waals surface area contributed by atoms with Crippen molar-refractivity contribution < 1.29 is 24.7 Å². The molecular weight excluding hydrogens is 280 g/mol. The number of nitro groups is 1. The summed E-state index contributed by atoms with van der Waals surface area (Å²) < 4.78 is 0. The summed E-state index contributed by atoms with van der Waals surface area (Å²) >= 11 is 0. The highest BCUT2D eigenvalue weighted by atomic mass is 16.6. The number of para-hydroxylation sites is 1. The first kappa shape index (κ1) is 14.9. The van der Waals surface area contributed by atoms with Crippen molar-refractivity contribution in [2.75, 3.05) is 6.54 Å². The number of aryl methyl sites for hydroxylation is 1. The number of likely N-dealkylation sites (tertiary alicyclic amines) is 1. The normalized spacial score (nSPS) is 21.3. The number of nitro benzene ring substituents is 1. The number of carbonyl (C=O) groups excluding carboxylic acids is 1. The smallest absolute Gasteiger partial charge is 0.326 e. The van der Waals surface area contributed by atoms with Crippen LogP contribution in [0.3, 0.4) is 0 Å². The Kier molecular flexibility index (Phi) is 3.90. The van der Waals surface area contributed by atoms with Crippen LogP contribution in [-0.4, -0.2) is 50.6 Å². The number of nitrogens with zero attached hydrogens (tertiary/aromatic N) is 2. The van der Waals surface area contributed by atoms with Gasteiger partial charge in [-0.3, -0.25) is 14.9 Å². The van der Waals surface area contributed by atoms with Crippen LogP contribution in [0.1, 0.15) is 22.3 Å². The van der Waals surface area contributed by atoms with Gasteiger partial charge in [0.2, 0.25) is 0 Å². The lowest BCUT2D eigenvalue weighted by Gasteiger charge is -2.21. The Bertz CT molecular complexity index is 615. The first-order chi connectivity index (χ1) is 9.82. The van der Waals surface area contributed by atoms with E-state index in [9.17, 15) is 24.8 Å². The average molecular weight is 294 g/mol. The number of β-amino-alcohol motifs (C(OH)–C–C–N with tert-alkyl or cyclic N) is 1. The number of aliphatic hydroxyl groups excluding tert-OH is 1. The highest BCUT2D eigenvalue weighted by molar-refractivity contribution is 6.00. The Morgan fingerprint density at radius 3 is 2.67 bits per heavy atom. The van der Waals surface area contributed by atoms with Crippen LogP contribution in [0.15, 0.2) is 18.2 Å². The zero-order valence-electron chi connectivity index (χ0n) is 11.2. The third-order valence-electron chi connectivity index (χ3n) is 3.48. The number of carboxylic acids is 1. The number of aliphatic hydroxyl groups is 1. The molecule has 2 rings (SSSR count). The Balaban J connectivity index is 2.43. The van der Waals surface area contributed by atoms with Crippen molar-refractivity contribution in [3.05, 3.63) is 39.4 Å². The first-order valence-corrected chi connectivity index (χ1v) is 6.28. The standard InChI is InChI=1S/C13H14N2O6/c1-7-3-2-4-9(11(7)15(20)21)12(17)14-6-8(16)5-10(14)13(18)19/h2-4,8,10,16H,5-6H2,1H3,(H,18,19). The predicted octanol–water partition coefficient (Wildman–Crippen LogP) is 0.563. The van der Waals surface area contributed by atoms with Gasteiger partial charge in [-0.25, -0.2) is 4.79 Å². The molecule has 21 heavy (non-hydrogen) atoms. The Morgan fingerprint density at radius 1 is 1.43 bits per heavy atom. The van der Waals surface area contributed by atoms with Crippen LogP contribution in [0.2, 0.25) is 0 Å². The van der Waals surface area contributed by atoms with E-state index in [1.54, 1.807) is 0 Å². The molecule has 0 aliphatic carbocycles. The minimum absolute atomic E-state index is 0.0827. The van der Waals surface area contributed by atoms with Gasteiger partial charge in [0.05, 0.1) is 11.0 Å². The quantitative estimate of drug-likeness (QED) is 0.620. The lowest BCUT2D eigenvalue weighted by atomic mass is 10.1. The summed E-state index contributed by atoms with van der Waals surface area (Å²) in [6.07, 6.45) is -1.03. The van der Waals surface area contributed by atoms with Gasteiger partial charge in [0.15, 0.2) is 0 Å². The highest BCUT2D eigenvalue weighted by Gasteiger charge is 2.41. The number of hydrogen-bond donors (Lipinski definition) is 2. The van der Waals surface area contributed by atoms with E-state index < -0.39 is 28.9 Å². The summed E-state index contributed by atoms with van der Waals surface area (Å²) in [5, 5.41) is 29.8. The van der Waals surface area contributed by atoms with E-state index in [1.807, 2.05) is 0 Å². The number of carbonyl (C=O) groups is 2. The van der Waals surface area contributed by atoms with Gasteiger partial charge in [0, 0.05) is 18.5 Å². The minimum Gasteiger partial charge on any atom is -0.480 e. The second-order valence-corrected chi connectivity index (χ2v) is 4.93. The molecule has 0 saturated carbocycles. The zero-order valence-corrected chi connectivity index (χ0v) is 11.2. The summed E-state index contributed by atoms with van der Waals surface area (Å²) in [5.74, 6) is -2.00. The van der Waals surface area contributed by atoms with E-state index >= 15 is 0 Å². The van der Waals surface area contributed by atoms with Crippen LogP contribution in [0, 0.1) is 17.0 Å². The number of hydrogen-bond acceptors (Lipinski definition) is 5. The molecule has 2 N–H and O–H groups in total. The molecule has 1 aliphatic heterocycles. The molecule has 1 fully saturated rings. The lowest BCUT2D eigenvalue weighted by Crippen LogP contribution is -2.40. The van der Waals surface area contributed by atoms with Gasteiger partial charge in [-0.2, -0.15) is 0 Å². The lowest BCUT2D eigenvalue weighted by molar-refractivity contribution is -0.385. The second-order valence-electron chi connectivity index (χ2n) is 4.93. The zero-order chi connectivity index (χ0) is 15.7. The second kappa shape index (κ2) is 5.49. The highest BCUT2D eigenvalue weighted by Crippen LogP contribution is 2.27. The topological polar surface area (TPSA) is 121 Å². The molecule has 0 radical (unpaired) electrons. The molecule has 1 aliphatic rings. The van der Waals surface area contributed by atoms with E-state index in [0.29, 0.717) is 5.56 Å². The molecule has 0 bridgehead atoms. The molecule has 1 amide bonds. The largest absolute Gasteiger partial charge is 0.480 e. The van der Waals surface area contributed by atoms with Gasteiger partial charge in [-0.05, 0) is 13.0 Å². The van der Waals surface area contributed by atoms with Crippen LogP contribution >= 0.6 is 0 Å². The monoisotopic (exact) mass is 294 g/mol. The molecule has 1 aromatic carbocycles. The molecule has 8 nitrogen and oxygen atoms in total. The van der Waals surface area contributed by atoms with Gasteiger partial charge in [-0.1, -0.05) is 12.1 Å². The maximum Gasteiger partial charge on any atom is 0.326 e. The summed E-state index contributed by atoms with van der Waals surface area (Å²) in [5.41, 5.74) is -0.189. The fraction of sp³-hybridized carbons (Fsp3) is 0.385. The van der Waals surface area contributed by atoms with Crippen molar-refractivity contribution in [3.63, 3.8) is 0 Å². The van der Waals surface area contributed by atoms with Gasteiger partial charge in [0.1, 0.15) is 11.6 Å². The van der Waals surface area contributed by atoms with Crippen LogP contribution < -0.4 is 0 Å². The average Bonchev–Trinajstić information content (AvgIpc) is 2.79. The Morgan fingerprint density at radius 2 is 2.10 bits per heavy atom. The van der Waals surface area contributed by atoms with E-state index in [2.05, 4.69) is 0 Å². The van der Waals surface area contributed by atoms with Gasteiger partial charge < -0.3 is 15.1 Å². The fourth-order valence-corrected chi connectivity index (χ4v) is 2.50. The molecule has 1 aromatic rings. The van der Waals surface area contributed by atoms with Gasteiger partial charge >= 0.3 is 5.97 Å². The van der Waals surface area contributed by atoms with Gasteiger partial charge in [-0.15, -0.1) is 0 Å². The molecule has 2 atom stereocenters. The first-order valence-electron chi connectivity index (χ1n) is 6.28. The fourth-order valence-electron chi connectivity index (χ4n) is 2.50. The van der Waals surface area contributed by atoms with Crippen molar-refractivity contribution in [2.45, 2.75) is 25.5 Å². The maximum atomic E-state index is 12.4. The molecule has 112 valence electrons. The van der Waals surface area contributed by atoms with E-state index in [1.165, 1.54) is 25.1 Å². The third-order valence-corrected chi connectivity index (χ3v) is 3.48. The van der Waals surface area contributed by atoms with Crippen molar-refractivity contribution in [1.29, 1.82) is 0 Å². The third kappa shape index (κ3) is 2.70. The molecule has 1 heterocycles. The SMILES string of the molecule is Cc1cccc(C(=O)N2CC(O)CC2C(=O)O)c1[N+](=O)[O-]. The predicted molar refractivity (Wildman–Crippen MR) is 70.9 cm³/mol. The summed E-state index contributed by atoms with van der Waals surface area (Å²) in [6.45, 7) is 1.35. The number of amides is 1. The molecule has 1 saturated heterocycles. The van der Waals surface area contributed by atoms with E-state index in [-0.39, 0.29) is 24.2 Å². The van der Waals surface area contributed by atoms with E-state index in [0.717, 1.165) is 4.90 Å². The molecule has 2 unspecified atom stereocenters. The van der Waals surface area contributed by atoms with Crippen molar-refractivity contribution >= 4 is 17.6 Å². The van der Waals surface area contributed by atoms with Crippen molar-refractivity contribution in [1.82, 2.24) is 4.90 Å². The Hall–Kier alpha value is -2.48. The van der Waals surface area contributed by atoms with Crippen LogP contribution in [0.4, 0.5) is 5.69 Å². The van der Waals surface area contributed by atoms with Crippen molar-refractivity contribution in [2.24, 2.45) is 0 Å². The number of rotatable bonds is 3. The minimum atomic E-state index is -1.24. The van der Waals surface area contributed by atoms with Crippen LogP contribution in [0.5, 0.6) is 0 Å². The summed E-state index contributed by atoms with van der Waals surface area (Å²) in [4.78, 5) is 35.0. The number of aliphatic carboxylic acids is 1. The number of benzene rings is 1. The maximum absolute atomic E-state index is 12.4. The van der Waals surface area contributed by atoms with Crippen molar-refractivity contribution in [3.8, 4) is 0 Å². The molecule has 8 heteroatoms. The summed E-state index contributed by atoms with van der Waals surface area (Å²) in [7, 11) is 0. The van der Waals surface area contributed by atoms with Gasteiger partial charge in [0.25, 0.3) is 11.6 Å². The van der Waals surface area contributed by atoms with E-state index in [4.69, 9.17) is 5.11 Å². The van der Waals surface area contributed by atoms with Crippen LogP contribution in [0.25, 0.3) is 0 Å². The Labute approximate surface area is 119 Å². The van der Waals surface area contributed by atoms with Crippen LogP contribution in [-0.2, 0) is 4.79 Å². The number of carboxylic acid groups (broad SMARTS) is 1. The molecular formula is C13H14N2O6. The molecule has 0 aromatic heterocycles. The summed E-state index contributed by atoms with van der Waals surface area (Å²) in [6, 6.07) is 3.12.